The van der Waals surface area contributed by atoms with Crippen LogP contribution in [0.2, 0.25) is 0 Å². The third-order valence-corrected chi connectivity index (χ3v) is 1.66. The van der Waals surface area contributed by atoms with E-state index < -0.39 is 18.4 Å². The Morgan fingerprint density at radius 3 is 2.60 bits per heavy atom. The lowest BCUT2D eigenvalue weighted by Crippen LogP contribution is -2.39. The molecule has 1 aliphatic rings. The maximum Gasteiger partial charge on any atom is 0.322 e. The zero-order valence-corrected chi connectivity index (χ0v) is 5.61. The van der Waals surface area contributed by atoms with Crippen LogP contribution in [0.1, 0.15) is 0 Å². The molecule has 0 spiro atoms. The summed E-state index contributed by atoms with van der Waals surface area (Å²) in [6.45, 7) is 0.299. The van der Waals surface area contributed by atoms with Gasteiger partial charge in [-0.05, 0) is 7.05 Å². The first-order valence-electron chi connectivity index (χ1n) is 2.99. The Balaban J connectivity index is 2.57. The zero-order chi connectivity index (χ0) is 7.72. The number of aliphatic hydroxyl groups is 1. The SMILES string of the molecule is CN1C(O)NCC1C(=O)O. The molecule has 0 aromatic heterocycles. The summed E-state index contributed by atoms with van der Waals surface area (Å²) in [6, 6.07) is -0.602. The first kappa shape index (κ1) is 7.46. The van der Waals surface area contributed by atoms with Gasteiger partial charge >= 0.3 is 5.97 Å². The molecule has 3 N–H and O–H groups in total. The Bertz CT molecular complexity index is 150. The van der Waals surface area contributed by atoms with Crippen molar-refractivity contribution in [3.63, 3.8) is 0 Å². The van der Waals surface area contributed by atoms with Crippen LogP contribution in [0, 0.1) is 0 Å². The maximum absolute atomic E-state index is 10.4. The Morgan fingerprint density at radius 1 is 1.80 bits per heavy atom. The van der Waals surface area contributed by atoms with Gasteiger partial charge in [-0.1, -0.05) is 0 Å². The summed E-state index contributed by atoms with van der Waals surface area (Å²) >= 11 is 0. The average Bonchev–Trinajstić information content (AvgIpc) is 2.14. The fourth-order valence-electron chi connectivity index (χ4n) is 0.937. The van der Waals surface area contributed by atoms with Gasteiger partial charge < -0.3 is 10.2 Å². The minimum atomic E-state index is -0.911. The van der Waals surface area contributed by atoms with Gasteiger partial charge in [0.15, 0.2) is 6.35 Å². The summed E-state index contributed by atoms with van der Waals surface area (Å²) in [5.41, 5.74) is 0. The Morgan fingerprint density at radius 2 is 2.40 bits per heavy atom. The Labute approximate surface area is 58.3 Å². The normalized spacial score (nSPS) is 34.6. The highest BCUT2D eigenvalue weighted by Gasteiger charge is 2.33. The maximum atomic E-state index is 10.4. The molecule has 0 aliphatic carbocycles. The van der Waals surface area contributed by atoms with Crippen LogP contribution in [0.3, 0.4) is 0 Å². The summed E-state index contributed by atoms with van der Waals surface area (Å²) < 4.78 is 0. The lowest BCUT2D eigenvalue weighted by molar-refractivity contribution is -0.143. The third-order valence-electron chi connectivity index (χ3n) is 1.66. The molecule has 10 heavy (non-hydrogen) atoms. The van der Waals surface area contributed by atoms with Gasteiger partial charge in [0.2, 0.25) is 0 Å². The van der Waals surface area contributed by atoms with Crippen molar-refractivity contribution in [2.24, 2.45) is 0 Å². The van der Waals surface area contributed by atoms with E-state index in [1.807, 2.05) is 0 Å². The number of hydrogen-bond donors (Lipinski definition) is 3. The summed E-state index contributed by atoms with van der Waals surface area (Å²) in [7, 11) is 1.56. The molecule has 0 amide bonds. The van der Waals surface area contributed by atoms with Crippen molar-refractivity contribution in [1.82, 2.24) is 10.2 Å². The Kier molecular flexibility index (Phi) is 1.89. The molecule has 2 atom stereocenters. The van der Waals surface area contributed by atoms with E-state index in [4.69, 9.17) is 10.2 Å². The number of aliphatic carboxylic acids is 1. The molecule has 1 saturated heterocycles. The largest absolute Gasteiger partial charge is 0.480 e. The van der Waals surface area contributed by atoms with Gasteiger partial charge in [0.05, 0.1) is 0 Å². The number of nitrogens with one attached hydrogen (secondary N) is 1. The minimum absolute atomic E-state index is 0.299. The van der Waals surface area contributed by atoms with Crippen LogP contribution in [0.25, 0.3) is 0 Å². The standard InChI is InChI=1S/C5H10N2O3/c1-7-3(4(8)9)2-6-5(7)10/h3,5-6,10H,2H2,1H3,(H,8,9). The number of carbonyl (C=O) groups is 1. The van der Waals surface area contributed by atoms with Crippen molar-refractivity contribution in [3.05, 3.63) is 0 Å². The minimum Gasteiger partial charge on any atom is -0.480 e. The molecular formula is C5H10N2O3. The highest BCUT2D eigenvalue weighted by Crippen LogP contribution is 2.05. The van der Waals surface area contributed by atoms with Gasteiger partial charge in [0, 0.05) is 6.54 Å². The number of carboxylic acid groups (broad SMARTS) is 1. The second-order valence-corrected chi connectivity index (χ2v) is 2.30. The molecule has 0 radical (unpaired) electrons. The average molecular weight is 146 g/mol. The lowest BCUT2D eigenvalue weighted by atomic mass is 10.3. The van der Waals surface area contributed by atoms with E-state index >= 15 is 0 Å². The van der Waals surface area contributed by atoms with E-state index in [1.54, 1.807) is 7.05 Å². The first-order chi connectivity index (χ1) is 4.63. The van der Waals surface area contributed by atoms with Crippen LogP contribution in [-0.4, -0.2) is 47.1 Å². The summed E-state index contributed by atoms with van der Waals surface area (Å²) in [6.07, 6.45) is -0.818. The first-order valence-corrected chi connectivity index (χ1v) is 2.99. The summed E-state index contributed by atoms with van der Waals surface area (Å²) in [5.74, 6) is -0.911. The number of likely N-dealkylation sites (N-methyl/N-ethyl adjacent to an activating group) is 1. The molecule has 5 nitrogen and oxygen atoms in total. The molecular weight excluding hydrogens is 136 g/mol. The highest BCUT2D eigenvalue weighted by atomic mass is 16.4. The zero-order valence-electron chi connectivity index (χ0n) is 5.61. The van der Waals surface area contributed by atoms with E-state index in [2.05, 4.69) is 5.32 Å². The third kappa shape index (κ3) is 1.11. The molecule has 0 aromatic carbocycles. The van der Waals surface area contributed by atoms with Gasteiger partial charge in [-0.25, -0.2) is 0 Å². The number of carboxylic acids is 1. The molecule has 1 rings (SSSR count). The van der Waals surface area contributed by atoms with E-state index in [-0.39, 0.29) is 0 Å². The van der Waals surface area contributed by atoms with Crippen molar-refractivity contribution in [1.29, 1.82) is 0 Å². The van der Waals surface area contributed by atoms with E-state index in [9.17, 15) is 4.79 Å². The van der Waals surface area contributed by atoms with Crippen molar-refractivity contribution in [2.75, 3.05) is 13.6 Å². The smallest absolute Gasteiger partial charge is 0.322 e. The molecule has 1 heterocycles. The second kappa shape index (κ2) is 2.53. The molecule has 0 saturated carbocycles. The van der Waals surface area contributed by atoms with Gasteiger partial charge in [-0.2, -0.15) is 0 Å². The van der Waals surface area contributed by atoms with Crippen molar-refractivity contribution < 1.29 is 15.0 Å². The van der Waals surface area contributed by atoms with Crippen molar-refractivity contribution >= 4 is 5.97 Å². The monoisotopic (exact) mass is 146 g/mol. The molecule has 5 heteroatoms. The molecule has 0 aromatic rings. The number of hydrogen-bond acceptors (Lipinski definition) is 4. The molecule has 0 bridgehead atoms. The lowest BCUT2D eigenvalue weighted by Gasteiger charge is -2.16. The van der Waals surface area contributed by atoms with Gasteiger partial charge in [0.1, 0.15) is 6.04 Å². The molecule has 1 fully saturated rings. The van der Waals surface area contributed by atoms with Gasteiger partial charge in [-0.15, -0.1) is 0 Å². The van der Waals surface area contributed by atoms with Gasteiger partial charge in [-0.3, -0.25) is 15.0 Å². The summed E-state index contributed by atoms with van der Waals surface area (Å²) in [5, 5.41) is 20.1. The second-order valence-electron chi connectivity index (χ2n) is 2.30. The highest BCUT2D eigenvalue weighted by molar-refractivity contribution is 5.74. The number of nitrogens with zero attached hydrogens (tertiary/aromatic N) is 1. The number of rotatable bonds is 1. The fourth-order valence-corrected chi connectivity index (χ4v) is 0.937. The van der Waals surface area contributed by atoms with Crippen LogP contribution >= 0.6 is 0 Å². The van der Waals surface area contributed by atoms with Crippen LogP contribution < -0.4 is 5.32 Å². The van der Waals surface area contributed by atoms with Crippen LogP contribution in [-0.2, 0) is 4.79 Å². The predicted octanol–water partition coefficient (Wildman–Crippen LogP) is -1.75. The summed E-state index contributed by atoms with van der Waals surface area (Å²) in [4.78, 5) is 11.7. The predicted molar refractivity (Wildman–Crippen MR) is 33.2 cm³/mol. The van der Waals surface area contributed by atoms with Crippen LogP contribution in [0.4, 0.5) is 0 Å². The van der Waals surface area contributed by atoms with E-state index in [1.165, 1.54) is 4.90 Å². The van der Waals surface area contributed by atoms with E-state index in [0.29, 0.717) is 6.54 Å². The molecule has 2 unspecified atom stereocenters. The van der Waals surface area contributed by atoms with Crippen molar-refractivity contribution in [2.45, 2.75) is 12.4 Å². The van der Waals surface area contributed by atoms with Crippen molar-refractivity contribution in [3.8, 4) is 0 Å². The fraction of sp³-hybridized carbons (Fsp3) is 0.800. The van der Waals surface area contributed by atoms with E-state index in [0.717, 1.165) is 0 Å². The number of aliphatic hydroxyl groups excluding tert-OH is 1. The van der Waals surface area contributed by atoms with Gasteiger partial charge in [0.25, 0.3) is 0 Å². The molecule has 1 aliphatic heterocycles. The quantitative estimate of drug-likeness (QED) is 0.409. The Hall–Kier alpha value is -0.650. The molecule has 58 valence electrons. The van der Waals surface area contributed by atoms with Crippen LogP contribution in [0.15, 0.2) is 0 Å². The van der Waals surface area contributed by atoms with Crippen LogP contribution in [0.5, 0.6) is 0 Å². The topological polar surface area (TPSA) is 72.8 Å².